The molecule has 0 bridgehead atoms. The van der Waals surface area contributed by atoms with Crippen LogP contribution in [-0.2, 0) is 16.6 Å². The Hall–Kier alpha value is -2.96. The number of sulfonamides is 1. The summed E-state index contributed by atoms with van der Waals surface area (Å²) in [5.41, 5.74) is 3.32. The molecular formula is C24H24N2O3S. The first-order valence-corrected chi connectivity index (χ1v) is 11.5. The molecule has 1 fully saturated rings. The summed E-state index contributed by atoms with van der Waals surface area (Å²) in [5.74, 6) is -0.164. The molecule has 30 heavy (non-hydrogen) atoms. The van der Waals surface area contributed by atoms with Crippen LogP contribution in [0.2, 0.25) is 0 Å². The Balaban J connectivity index is 1.45. The van der Waals surface area contributed by atoms with Crippen LogP contribution in [0.5, 0.6) is 0 Å². The first-order chi connectivity index (χ1) is 14.6. The van der Waals surface area contributed by atoms with E-state index in [9.17, 15) is 13.2 Å². The number of carbonyl (C=O) groups is 1. The van der Waals surface area contributed by atoms with Crippen molar-refractivity contribution in [2.75, 3.05) is 13.1 Å². The molecule has 0 saturated carbocycles. The number of carbonyl (C=O) groups excluding carboxylic acids is 1. The highest BCUT2D eigenvalue weighted by Gasteiger charge is 2.26. The van der Waals surface area contributed by atoms with E-state index in [1.807, 2.05) is 54.6 Å². The molecule has 0 radical (unpaired) electrons. The number of hydrogen-bond acceptors (Lipinski definition) is 3. The van der Waals surface area contributed by atoms with E-state index in [-0.39, 0.29) is 5.91 Å². The number of hydrogen-bond donors (Lipinski definition) is 1. The van der Waals surface area contributed by atoms with Crippen molar-refractivity contribution >= 4 is 15.9 Å². The highest BCUT2D eigenvalue weighted by atomic mass is 32.2. The second-order valence-corrected chi connectivity index (χ2v) is 9.29. The molecule has 1 aliphatic rings. The monoisotopic (exact) mass is 420 g/mol. The molecule has 5 nitrogen and oxygen atoms in total. The van der Waals surface area contributed by atoms with Crippen molar-refractivity contribution in [2.24, 2.45) is 0 Å². The summed E-state index contributed by atoms with van der Waals surface area (Å²) < 4.78 is 26.8. The topological polar surface area (TPSA) is 66.5 Å². The van der Waals surface area contributed by atoms with E-state index in [2.05, 4.69) is 5.32 Å². The highest BCUT2D eigenvalue weighted by molar-refractivity contribution is 7.89. The van der Waals surface area contributed by atoms with Crippen LogP contribution in [0.4, 0.5) is 0 Å². The standard InChI is InChI=1S/C24H24N2O3S/c27-24(23-11-5-4-10-22(23)20-8-2-1-3-9-20)25-18-19-12-14-21(15-13-19)30(28,29)26-16-6-7-17-26/h1-5,8-15H,6-7,16-18H2,(H,25,27). The average Bonchev–Trinajstić information content (AvgIpc) is 3.34. The van der Waals surface area contributed by atoms with Crippen molar-refractivity contribution in [3.8, 4) is 11.1 Å². The van der Waals surface area contributed by atoms with Crippen molar-refractivity contribution in [3.63, 3.8) is 0 Å². The van der Waals surface area contributed by atoms with Crippen molar-refractivity contribution in [1.29, 1.82) is 0 Å². The fraction of sp³-hybridized carbons (Fsp3) is 0.208. The molecule has 1 amide bonds. The van der Waals surface area contributed by atoms with Crippen molar-refractivity contribution < 1.29 is 13.2 Å². The van der Waals surface area contributed by atoms with Gasteiger partial charge in [-0.25, -0.2) is 8.42 Å². The van der Waals surface area contributed by atoms with Crippen molar-refractivity contribution in [1.82, 2.24) is 9.62 Å². The van der Waals surface area contributed by atoms with Gasteiger partial charge in [-0.3, -0.25) is 4.79 Å². The Kier molecular flexibility index (Phi) is 5.97. The van der Waals surface area contributed by atoms with Gasteiger partial charge in [-0.2, -0.15) is 4.31 Å². The quantitative estimate of drug-likeness (QED) is 0.654. The Labute approximate surface area is 177 Å². The van der Waals surface area contributed by atoms with E-state index in [4.69, 9.17) is 0 Å². The Morgan fingerprint density at radius 1 is 0.833 bits per heavy atom. The fourth-order valence-corrected chi connectivity index (χ4v) is 5.20. The van der Waals surface area contributed by atoms with Crippen LogP contribution >= 0.6 is 0 Å². The van der Waals surface area contributed by atoms with Crippen LogP contribution in [0.15, 0.2) is 83.8 Å². The van der Waals surface area contributed by atoms with Gasteiger partial charge < -0.3 is 5.32 Å². The third kappa shape index (κ3) is 4.30. The molecule has 0 aromatic heterocycles. The molecule has 0 aliphatic carbocycles. The maximum Gasteiger partial charge on any atom is 0.252 e. The van der Waals surface area contributed by atoms with E-state index in [0.717, 1.165) is 29.5 Å². The lowest BCUT2D eigenvalue weighted by atomic mass is 9.99. The number of nitrogens with one attached hydrogen (secondary N) is 1. The summed E-state index contributed by atoms with van der Waals surface area (Å²) in [4.78, 5) is 13.1. The van der Waals surface area contributed by atoms with Gasteiger partial charge in [0.15, 0.2) is 0 Å². The van der Waals surface area contributed by atoms with E-state index in [1.165, 1.54) is 4.31 Å². The molecule has 1 N–H and O–H groups in total. The van der Waals surface area contributed by atoms with Crippen LogP contribution < -0.4 is 5.32 Å². The minimum Gasteiger partial charge on any atom is -0.348 e. The van der Waals surface area contributed by atoms with Crippen LogP contribution in [0.1, 0.15) is 28.8 Å². The summed E-state index contributed by atoms with van der Waals surface area (Å²) in [6, 6.07) is 24.0. The SMILES string of the molecule is O=C(NCc1ccc(S(=O)(=O)N2CCCC2)cc1)c1ccccc1-c1ccccc1. The van der Waals surface area contributed by atoms with Crippen molar-refractivity contribution in [2.45, 2.75) is 24.3 Å². The lowest BCUT2D eigenvalue weighted by Crippen LogP contribution is -2.28. The van der Waals surface area contributed by atoms with Gasteiger partial charge in [-0.1, -0.05) is 60.7 Å². The van der Waals surface area contributed by atoms with Gasteiger partial charge in [-0.05, 0) is 47.7 Å². The second kappa shape index (κ2) is 8.81. The van der Waals surface area contributed by atoms with E-state index < -0.39 is 10.0 Å². The molecule has 3 aromatic carbocycles. The van der Waals surface area contributed by atoms with E-state index in [1.54, 1.807) is 24.3 Å². The summed E-state index contributed by atoms with van der Waals surface area (Å²) in [6.45, 7) is 1.49. The molecule has 0 spiro atoms. The summed E-state index contributed by atoms with van der Waals surface area (Å²) in [5, 5.41) is 2.94. The van der Waals surface area contributed by atoms with Crippen molar-refractivity contribution in [3.05, 3.63) is 90.0 Å². The summed E-state index contributed by atoms with van der Waals surface area (Å²) in [6.07, 6.45) is 1.82. The van der Waals surface area contributed by atoms with Gasteiger partial charge in [0.1, 0.15) is 0 Å². The summed E-state index contributed by atoms with van der Waals surface area (Å²) >= 11 is 0. The molecule has 6 heteroatoms. The van der Waals surface area contributed by atoms with Crippen LogP contribution in [-0.4, -0.2) is 31.7 Å². The highest BCUT2D eigenvalue weighted by Crippen LogP contribution is 2.24. The van der Waals surface area contributed by atoms with Gasteiger partial charge in [0.05, 0.1) is 4.90 Å². The zero-order valence-electron chi connectivity index (χ0n) is 16.6. The molecule has 4 rings (SSSR count). The molecule has 154 valence electrons. The Morgan fingerprint density at radius 3 is 2.17 bits per heavy atom. The second-order valence-electron chi connectivity index (χ2n) is 7.35. The van der Waals surface area contributed by atoms with Gasteiger partial charge >= 0.3 is 0 Å². The smallest absolute Gasteiger partial charge is 0.252 e. The molecule has 0 atom stereocenters. The number of nitrogens with zero attached hydrogens (tertiary/aromatic N) is 1. The lowest BCUT2D eigenvalue weighted by Gasteiger charge is -2.15. The predicted molar refractivity (Wildman–Crippen MR) is 117 cm³/mol. The lowest BCUT2D eigenvalue weighted by molar-refractivity contribution is 0.0951. The molecule has 0 unspecified atom stereocenters. The normalized spacial score (nSPS) is 14.5. The van der Waals surface area contributed by atoms with Crippen LogP contribution in [0.3, 0.4) is 0 Å². The third-order valence-corrected chi connectivity index (χ3v) is 7.25. The molecular weight excluding hydrogens is 396 g/mol. The maximum atomic E-state index is 12.8. The van der Waals surface area contributed by atoms with E-state index in [0.29, 0.717) is 30.1 Å². The molecule has 1 aliphatic heterocycles. The van der Waals surface area contributed by atoms with Gasteiger partial charge in [0, 0.05) is 25.2 Å². The zero-order chi connectivity index (χ0) is 21.0. The first-order valence-electron chi connectivity index (χ1n) is 10.1. The Bertz CT molecular complexity index is 1120. The number of rotatable bonds is 6. The first kappa shape index (κ1) is 20.3. The third-order valence-electron chi connectivity index (χ3n) is 5.34. The predicted octanol–water partition coefficient (Wildman–Crippen LogP) is 4.07. The van der Waals surface area contributed by atoms with Gasteiger partial charge in [0.25, 0.3) is 5.91 Å². The van der Waals surface area contributed by atoms with Gasteiger partial charge in [0.2, 0.25) is 10.0 Å². The minimum absolute atomic E-state index is 0.164. The Morgan fingerprint density at radius 2 is 1.47 bits per heavy atom. The minimum atomic E-state index is -3.42. The largest absolute Gasteiger partial charge is 0.348 e. The molecule has 1 heterocycles. The molecule has 1 saturated heterocycles. The van der Waals surface area contributed by atoms with Crippen LogP contribution in [0.25, 0.3) is 11.1 Å². The number of benzene rings is 3. The average molecular weight is 421 g/mol. The summed E-state index contributed by atoms with van der Waals surface area (Å²) in [7, 11) is -3.42. The fourth-order valence-electron chi connectivity index (χ4n) is 3.68. The maximum absolute atomic E-state index is 12.8. The number of amides is 1. The molecule has 3 aromatic rings. The zero-order valence-corrected chi connectivity index (χ0v) is 17.4. The van der Waals surface area contributed by atoms with Gasteiger partial charge in [-0.15, -0.1) is 0 Å². The van der Waals surface area contributed by atoms with E-state index >= 15 is 0 Å². The van der Waals surface area contributed by atoms with Crippen LogP contribution in [0, 0.1) is 0 Å².